The van der Waals surface area contributed by atoms with Gasteiger partial charge in [-0.1, -0.05) is 42.5 Å². The van der Waals surface area contributed by atoms with Crippen LogP contribution in [0, 0.1) is 25.6 Å². The summed E-state index contributed by atoms with van der Waals surface area (Å²) < 4.78 is 0. The van der Waals surface area contributed by atoms with E-state index in [1.807, 2.05) is 6.07 Å². The van der Waals surface area contributed by atoms with Crippen LogP contribution in [0.25, 0.3) is 0 Å². The van der Waals surface area contributed by atoms with Gasteiger partial charge in [-0.3, -0.25) is 25.0 Å². The lowest BCUT2D eigenvalue weighted by Crippen LogP contribution is -2.63. The number of carbonyl (C=O) groups is 1. The average Bonchev–Trinajstić information content (AvgIpc) is 3.16. The maximum absolute atomic E-state index is 14.4. The minimum atomic E-state index is -1.36. The van der Waals surface area contributed by atoms with Crippen LogP contribution in [0.5, 0.6) is 0 Å². The Kier molecular flexibility index (Phi) is 5.88. The van der Waals surface area contributed by atoms with Gasteiger partial charge in [-0.05, 0) is 42.4 Å². The van der Waals surface area contributed by atoms with Crippen LogP contribution in [0.1, 0.15) is 30.1 Å². The molecule has 37 heavy (non-hydrogen) atoms. The fourth-order valence-corrected chi connectivity index (χ4v) is 5.22. The number of non-ortho nitro benzene ring substituents is 2. The van der Waals surface area contributed by atoms with Crippen molar-refractivity contribution < 1.29 is 14.6 Å². The number of nitro benzene ring substituents is 2. The standard InChI is InChI=1S/C25H20N6O5S/c1-15-25(23(32)29(28-15)18-5-3-2-4-6-18)21(16-7-11-19(12-8-16)30(33)34)26-24(37)27-22(25)17-9-13-20(14-10-17)31(35)36/h2-14,21-22H,1H3,(H2,26,27,37)/t21-,22-/m0/s1. The van der Waals surface area contributed by atoms with Crippen LogP contribution in [0.2, 0.25) is 0 Å². The lowest BCUT2D eigenvalue weighted by molar-refractivity contribution is -0.385. The van der Waals surface area contributed by atoms with Crippen LogP contribution in [-0.2, 0) is 4.79 Å². The molecule has 12 heteroatoms. The van der Waals surface area contributed by atoms with E-state index >= 15 is 0 Å². The van der Waals surface area contributed by atoms with Crippen LogP contribution < -0.4 is 15.6 Å². The number of nitrogens with zero attached hydrogens (tertiary/aromatic N) is 4. The van der Waals surface area contributed by atoms with Gasteiger partial charge < -0.3 is 10.6 Å². The summed E-state index contributed by atoms with van der Waals surface area (Å²) in [6.45, 7) is 1.75. The highest BCUT2D eigenvalue weighted by Gasteiger charge is 2.62. The van der Waals surface area contributed by atoms with E-state index in [1.54, 1.807) is 55.5 Å². The second-order valence-electron chi connectivity index (χ2n) is 8.69. The van der Waals surface area contributed by atoms with Gasteiger partial charge in [-0.25, -0.2) is 0 Å². The summed E-state index contributed by atoms with van der Waals surface area (Å²) in [4.78, 5) is 35.9. The van der Waals surface area contributed by atoms with Crippen molar-refractivity contribution in [3.05, 3.63) is 110 Å². The normalized spacial score (nSPS) is 20.2. The maximum Gasteiger partial charge on any atom is 0.269 e. The predicted molar refractivity (Wildman–Crippen MR) is 140 cm³/mol. The first-order valence-electron chi connectivity index (χ1n) is 11.2. The molecule has 0 aromatic heterocycles. The quantitative estimate of drug-likeness (QED) is 0.292. The molecule has 1 amide bonds. The summed E-state index contributed by atoms with van der Waals surface area (Å²) in [6, 6.07) is 19.3. The third kappa shape index (κ3) is 3.87. The van der Waals surface area contributed by atoms with E-state index in [-0.39, 0.29) is 22.4 Å². The van der Waals surface area contributed by atoms with Crippen LogP contribution in [0.15, 0.2) is 84.0 Å². The Morgan fingerprint density at radius 3 is 1.73 bits per heavy atom. The molecule has 2 aliphatic rings. The number of carbonyl (C=O) groups excluding carboxylic acids is 1. The number of hydrogen-bond acceptors (Lipinski definition) is 7. The van der Waals surface area contributed by atoms with Crippen molar-refractivity contribution in [3.8, 4) is 0 Å². The second-order valence-corrected chi connectivity index (χ2v) is 9.10. The molecule has 2 atom stereocenters. The summed E-state index contributed by atoms with van der Waals surface area (Å²) in [5.41, 5.74) is 0.714. The molecule has 1 fully saturated rings. The number of rotatable bonds is 5. The van der Waals surface area contributed by atoms with Crippen molar-refractivity contribution in [1.82, 2.24) is 10.6 Å². The number of amides is 1. The van der Waals surface area contributed by atoms with Crippen molar-refractivity contribution >= 4 is 46.0 Å². The van der Waals surface area contributed by atoms with Crippen molar-refractivity contribution in [2.75, 3.05) is 5.01 Å². The Morgan fingerprint density at radius 2 is 1.30 bits per heavy atom. The highest BCUT2D eigenvalue weighted by Crippen LogP contribution is 2.52. The fraction of sp³-hybridized carbons (Fsp3) is 0.160. The Labute approximate surface area is 216 Å². The Balaban J connectivity index is 1.69. The van der Waals surface area contributed by atoms with Crippen LogP contribution in [0.4, 0.5) is 17.1 Å². The third-order valence-corrected chi connectivity index (χ3v) is 6.97. The number of thiocarbonyl (C=S) groups is 1. The second kappa shape index (κ2) is 9.06. The predicted octanol–water partition coefficient (Wildman–Crippen LogP) is 4.17. The van der Waals surface area contributed by atoms with Crippen LogP contribution in [-0.4, -0.2) is 26.6 Å². The topological polar surface area (TPSA) is 143 Å². The molecule has 0 aliphatic carbocycles. The van der Waals surface area contributed by atoms with Gasteiger partial charge in [0.1, 0.15) is 5.41 Å². The summed E-state index contributed by atoms with van der Waals surface area (Å²) >= 11 is 5.51. The van der Waals surface area contributed by atoms with Crippen molar-refractivity contribution in [2.45, 2.75) is 19.0 Å². The highest BCUT2D eigenvalue weighted by molar-refractivity contribution is 7.80. The number of nitro groups is 2. The van der Waals surface area contributed by atoms with E-state index in [0.29, 0.717) is 22.5 Å². The van der Waals surface area contributed by atoms with Crippen molar-refractivity contribution in [2.24, 2.45) is 10.5 Å². The monoisotopic (exact) mass is 516 g/mol. The number of hydrogen-bond donors (Lipinski definition) is 2. The summed E-state index contributed by atoms with van der Waals surface area (Å²) in [7, 11) is 0. The fourth-order valence-electron chi connectivity index (χ4n) is 4.98. The first kappa shape index (κ1) is 24.0. The molecule has 0 unspecified atom stereocenters. The molecule has 0 bridgehead atoms. The molecule has 186 valence electrons. The van der Waals surface area contributed by atoms with E-state index in [0.717, 1.165) is 0 Å². The zero-order valence-corrected chi connectivity index (χ0v) is 20.2. The lowest BCUT2D eigenvalue weighted by Gasteiger charge is -2.47. The van der Waals surface area contributed by atoms with Gasteiger partial charge in [0.25, 0.3) is 17.3 Å². The zero-order chi connectivity index (χ0) is 26.3. The molecule has 2 aliphatic heterocycles. The molecule has 3 aromatic carbocycles. The van der Waals surface area contributed by atoms with Crippen molar-refractivity contribution in [1.29, 1.82) is 0 Å². The molecule has 5 rings (SSSR count). The van der Waals surface area contributed by atoms with Gasteiger partial charge in [0.15, 0.2) is 5.11 Å². The molecule has 1 saturated heterocycles. The van der Waals surface area contributed by atoms with E-state index in [9.17, 15) is 25.0 Å². The number of hydrazone groups is 1. The maximum atomic E-state index is 14.4. The van der Waals surface area contributed by atoms with E-state index < -0.39 is 27.3 Å². The van der Waals surface area contributed by atoms with Gasteiger partial charge in [0.05, 0.1) is 33.3 Å². The lowest BCUT2D eigenvalue weighted by atomic mass is 9.65. The Morgan fingerprint density at radius 1 is 0.838 bits per heavy atom. The first-order valence-corrected chi connectivity index (χ1v) is 11.7. The average molecular weight is 517 g/mol. The van der Waals surface area contributed by atoms with Gasteiger partial charge in [-0.2, -0.15) is 10.1 Å². The van der Waals surface area contributed by atoms with Gasteiger partial charge in [-0.15, -0.1) is 0 Å². The molecule has 3 aromatic rings. The minimum absolute atomic E-state index is 0.0877. The number of nitrogens with one attached hydrogen (secondary N) is 2. The SMILES string of the molecule is CC1=NN(c2ccccc2)C(=O)C12[C@H](c1ccc([N+](=O)[O-])cc1)NC(=S)N[C@H]2c1ccc([N+](=O)[O-])cc1. The molecule has 11 nitrogen and oxygen atoms in total. The molecule has 2 heterocycles. The van der Waals surface area contributed by atoms with E-state index in [1.165, 1.54) is 29.3 Å². The minimum Gasteiger partial charge on any atom is -0.354 e. The smallest absolute Gasteiger partial charge is 0.269 e. The summed E-state index contributed by atoms with van der Waals surface area (Å²) in [5, 5.41) is 35.1. The molecule has 1 spiro atoms. The summed E-state index contributed by atoms with van der Waals surface area (Å²) in [5.74, 6) is -0.342. The van der Waals surface area contributed by atoms with E-state index in [2.05, 4.69) is 15.7 Å². The Bertz CT molecular complexity index is 1370. The molecular weight excluding hydrogens is 496 g/mol. The van der Waals surface area contributed by atoms with Gasteiger partial charge >= 0.3 is 0 Å². The third-order valence-electron chi connectivity index (χ3n) is 6.73. The molecule has 2 N–H and O–H groups in total. The largest absolute Gasteiger partial charge is 0.354 e. The number of para-hydroxylation sites is 1. The molecular formula is C25H20N6O5S. The number of anilines is 1. The highest BCUT2D eigenvalue weighted by atomic mass is 32.1. The van der Waals surface area contributed by atoms with Gasteiger partial charge in [0, 0.05) is 24.3 Å². The van der Waals surface area contributed by atoms with Crippen molar-refractivity contribution in [3.63, 3.8) is 0 Å². The first-order chi connectivity index (χ1) is 17.7. The van der Waals surface area contributed by atoms with Gasteiger partial charge in [0.2, 0.25) is 0 Å². The molecule has 0 radical (unpaired) electrons. The number of benzene rings is 3. The molecule has 0 saturated carbocycles. The summed E-state index contributed by atoms with van der Waals surface area (Å²) in [6.07, 6.45) is 0. The van der Waals surface area contributed by atoms with Crippen LogP contribution in [0.3, 0.4) is 0 Å². The zero-order valence-electron chi connectivity index (χ0n) is 19.4. The Hall–Kier alpha value is -4.71. The van der Waals surface area contributed by atoms with Crippen LogP contribution >= 0.6 is 12.2 Å². The van der Waals surface area contributed by atoms with E-state index in [4.69, 9.17) is 12.2 Å².